The zero-order valence-electron chi connectivity index (χ0n) is 14.5. The molecule has 2 heterocycles. The van der Waals surface area contributed by atoms with Crippen LogP contribution in [0, 0.1) is 19.8 Å². The number of nitrogens with one attached hydrogen (secondary N) is 1. The van der Waals surface area contributed by atoms with Crippen molar-refractivity contribution in [3.05, 3.63) is 17.0 Å². The van der Waals surface area contributed by atoms with E-state index in [4.69, 9.17) is 0 Å². The van der Waals surface area contributed by atoms with Crippen LogP contribution in [0.3, 0.4) is 0 Å². The molecule has 1 atom stereocenters. The van der Waals surface area contributed by atoms with Gasteiger partial charge in [0.05, 0.1) is 5.69 Å². The molecule has 22 heavy (non-hydrogen) atoms. The zero-order valence-corrected chi connectivity index (χ0v) is 14.5. The SMILES string of the molecule is Cc1nn(C)c(C)c1CCNC(=O)N(C)C[C@H]1CCN(C)C1. The smallest absolute Gasteiger partial charge is 0.317 e. The van der Waals surface area contributed by atoms with Gasteiger partial charge in [0, 0.05) is 39.4 Å². The summed E-state index contributed by atoms with van der Waals surface area (Å²) >= 11 is 0. The van der Waals surface area contributed by atoms with Gasteiger partial charge in [0.2, 0.25) is 0 Å². The molecule has 6 heteroatoms. The second-order valence-corrected chi connectivity index (χ2v) is 6.55. The number of aromatic nitrogens is 2. The van der Waals surface area contributed by atoms with Crippen LogP contribution in [0.25, 0.3) is 0 Å². The van der Waals surface area contributed by atoms with Gasteiger partial charge in [-0.25, -0.2) is 4.79 Å². The molecule has 1 aliphatic rings. The minimum atomic E-state index is 0.0220. The third-order valence-electron chi connectivity index (χ3n) is 4.68. The van der Waals surface area contributed by atoms with Crippen molar-refractivity contribution < 1.29 is 4.79 Å². The van der Waals surface area contributed by atoms with E-state index in [1.165, 1.54) is 17.7 Å². The maximum Gasteiger partial charge on any atom is 0.317 e. The summed E-state index contributed by atoms with van der Waals surface area (Å²) in [6, 6.07) is 0.0220. The first-order valence-corrected chi connectivity index (χ1v) is 8.05. The van der Waals surface area contributed by atoms with E-state index in [1.54, 1.807) is 0 Å². The Morgan fingerprint density at radius 1 is 1.41 bits per heavy atom. The quantitative estimate of drug-likeness (QED) is 0.888. The Kier molecular flexibility index (Phi) is 5.45. The van der Waals surface area contributed by atoms with E-state index < -0.39 is 0 Å². The molecule has 0 aliphatic carbocycles. The molecule has 1 fully saturated rings. The van der Waals surface area contributed by atoms with E-state index in [1.807, 2.05) is 30.6 Å². The molecule has 1 N–H and O–H groups in total. The van der Waals surface area contributed by atoms with Crippen molar-refractivity contribution in [3.63, 3.8) is 0 Å². The number of hydrogen-bond acceptors (Lipinski definition) is 3. The summed E-state index contributed by atoms with van der Waals surface area (Å²) in [6.45, 7) is 7.81. The van der Waals surface area contributed by atoms with Crippen LogP contribution in [0.2, 0.25) is 0 Å². The molecular weight excluding hydrogens is 278 g/mol. The van der Waals surface area contributed by atoms with Crippen LogP contribution in [-0.4, -0.2) is 65.9 Å². The molecule has 0 saturated carbocycles. The molecule has 2 rings (SSSR count). The average Bonchev–Trinajstić information content (AvgIpc) is 2.96. The summed E-state index contributed by atoms with van der Waals surface area (Å²) in [7, 11) is 5.98. The molecule has 2 amide bonds. The van der Waals surface area contributed by atoms with Crippen LogP contribution in [-0.2, 0) is 13.5 Å². The fraction of sp³-hybridized carbons (Fsp3) is 0.750. The number of nitrogens with zero attached hydrogens (tertiary/aromatic N) is 4. The summed E-state index contributed by atoms with van der Waals surface area (Å²) in [6.07, 6.45) is 2.01. The Hall–Kier alpha value is -1.56. The summed E-state index contributed by atoms with van der Waals surface area (Å²) in [4.78, 5) is 16.3. The van der Waals surface area contributed by atoms with Gasteiger partial charge in [-0.2, -0.15) is 5.10 Å². The highest BCUT2D eigenvalue weighted by Crippen LogP contribution is 2.15. The molecular formula is C16H29N5O. The highest BCUT2D eigenvalue weighted by Gasteiger charge is 2.22. The molecule has 6 nitrogen and oxygen atoms in total. The topological polar surface area (TPSA) is 53.4 Å². The number of amides is 2. The van der Waals surface area contributed by atoms with Crippen LogP contribution in [0.4, 0.5) is 4.79 Å². The van der Waals surface area contributed by atoms with E-state index in [0.717, 1.165) is 31.7 Å². The van der Waals surface area contributed by atoms with Gasteiger partial charge >= 0.3 is 6.03 Å². The van der Waals surface area contributed by atoms with Gasteiger partial charge in [-0.05, 0) is 51.8 Å². The molecule has 1 aliphatic heterocycles. The normalized spacial score (nSPS) is 18.7. The molecule has 1 aromatic heterocycles. The second-order valence-electron chi connectivity index (χ2n) is 6.55. The first-order valence-electron chi connectivity index (χ1n) is 8.05. The minimum Gasteiger partial charge on any atom is -0.338 e. The van der Waals surface area contributed by atoms with Crippen molar-refractivity contribution in [1.29, 1.82) is 0 Å². The van der Waals surface area contributed by atoms with Crippen molar-refractivity contribution in [2.45, 2.75) is 26.7 Å². The van der Waals surface area contributed by atoms with Crippen molar-refractivity contribution >= 4 is 6.03 Å². The lowest BCUT2D eigenvalue weighted by molar-refractivity contribution is 0.200. The third kappa shape index (κ3) is 4.00. The fourth-order valence-electron chi connectivity index (χ4n) is 3.25. The predicted molar refractivity (Wildman–Crippen MR) is 88.0 cm³/mol. The molecule has 1 saturated heterocycles. The molecule has 0 aromatic carbocycles. The molecule has 0 bridgehead atoms. The Morgan fingerprint density at radius 3 is 2.68 bits per heavy atom. The van der Waals surface area contributed by atoms with E-state index >= 15 is 0 Å². The number of carbonyl (C=O) groups excluding carboxylic acids is 1. The van der Waals surface area contributed by atoms with Crippen LogP contribution in [0.15, 0.2) is 0 Å². The summed E-state index contributed by atoms with van der Waals surface area (Å²) in [5, 5.41) is 7.42. The Balaban J connectivity index is 1.75. The van der Waals surface area contributed by atoms with E-state index in [-0.39, 0.29) is 6.03 Å². The lowest BCUT2D eigenvalue weighted by Gasteiger charge is -2.21. The maximum absolute atomic E-state index is 12.2. The van der Waals surface area contributed by atoms with Crippen LogP contribution < -0.4 is 5.32 Å². The number of likely N-dealkylation sites (tertiary alicyclic amines) is 1. The fourth-order valence-corrected chi connectivity index (χ4v) is 3.25. The van der Waals surface area contributed by atoms with Gasteiger partial charge in [0.1, 0.15) is 0 Å². The van der Waals surface area contributed by atoms with Gasteiger partial charge in [0.25, 0.3) is 0 Å². The largest absolute Gasteiger partial charge is 0.338 e. The number of carbonyl (C=O) groups is 1. The van der Waals surface area contributed by atoms with Gasteiger partial charge in [-0.15, -0.1) is 0 Å². The van der Waals surface area contributed by atoms with Gasteiger partial charge < -0.3 is 15.1 Å². The van der Waals surface area contributed by atoms with Crippen LogP contribution >= 0.6 is 0 Å². The van der Waals surface area contributed by atoms with Crippen LogP contribution in [0.1, 0.15) is 23.4 Å². The summed E-state index contributed by atoms with van der Waals surface area (Å²) in [5.74, 6) is 0.601. The third-order valence-corrected chi connectivity index (χ3v) is 4.68. The highest BCUT2D eigenvalue weighted by atomic mass is 16.2. The molecule has 124 valence electrons. The average molecular weight is 307 g/mol. The predicted octanol–water partition coefficient (Wildman–Crippen LogP) is 1.17. The Bertz CT molecular complexity index is 525. The van der Waals surface area contributed by atoms with Crippen molar-refractivity contribution in [3.8, 4) is 0 Å². The summed E-state index contributed by atoms with van der Waals surface area (Å²) < 4.78 is 1.90. The lowest BCUT2D eigenvalue weighted by Crippen LogP contribution is -2.41. The minimum absolute atomic E-state index is 0.0220. The number of hydrogen-bond donors (Lipinski definition) is 1. The maximum atomic E-state index is 12.2. The van der Waals surface area contributed by atoms with Gasteiger partial charge in [-0.1, -0.05) is 0 Å². The number of urea groups is 1. The van der Waals surface area contributed by atoms with Crippen molar-refractivity contribution in [2.75, 3.05) is 40.3 Å². The summed E-state index contributed by atoms with van der Waals surface area (Å²) in [5.41, 5.74) is 3.47. The number of rotatable bonds is 5. The molecule has 0 spiro atoms. The molecule has 1 aromatic rings. The van der Waals surface area contributed by atoms with E-state index in [0.29, 0.717) is 12.5 Å². The first kappa shape index (κ1) is 16.8. The zero-order chi connectivity index (χ0) is 16.3. The lowest BCUT2D eigenvalue weighted by atomic mass is 10.1. The first-order chi connectivity index (χ1) is 10.4. The van der Waals surface area contributed by atoms with Crippen molar-refractivity contribution in [1.82, 2.24) is 24.9 Å². The number of aryl methyl sites for hydroxylation is 2. The van der Waals surface area contributed by atoms with Crippen LogP contribution in [0.5, 0.6) is 0 Å². The van der Waals surface area contributed by atoms with Gasteiger partial charge in [0.15, 0.2) is 0 Å². The highest BCUT2D eigenvalue weighted by molar-refractivity contribution is 5.73. The van der Waals surface area contributed by atoms with Gasteiger partial charge in [-0.3, -0.25) is 4.68 Å². The second kappa shape index (κ2) is 7.13. The Morgan fingerprint density at radius 2 is 2.14 bits per heavy atom. The molecule has 0 unspecified atom stereocenters. The standard InChI is InChI=1S/C16H29N5O/c1-12-15(13(2)21(5)18-12)6-8-17-16(22)20(4)11-14-7-9-19(3)10-14/h14H,6-11H2,1-5H3,(H,17,22)/t14-/m0/s1. The monoisotopic (exact) mass is 307 g/mol. The molecule has 0 radical (unpaired) electrons. The van der Waals surface area contributed by atoms with Crippen molar-refractivity contribution in [2.24, 2.45) is 13.0 Å². The Labute approximate surface area is 133 Å². The van der Waals surface area contributed by atoms with E-state index in [9.17, 15) is 4.79 Å². The van der Waals surface area contributed by atoms with E-state index in [2.05, 4.69) is 29.3 Å².